The highest BCUT2D eigenvalue weighted by molar-refractivity contribution is 5.27. The van der Waals surface area contributed by atoms with E-state index in [0.29, 0.717) is 17.8 Å². The summed E-state index contributed by atoms with van der Waals surface area (Å²) >= 11 is 0. The molecular weight excluding hydrogens is 348 g/mol. The molecule has 4 fully saturated rings. The molecule has 5 aliphatic rings. The van der Waals surface area contributed by atoms with Crippen LogP contribution in [0.5, 0.6) is 0 Å². The van der Waals surface area contributed by atoms with Gasteiger partial charge in [-0.05, 0) is 90.9 Å². The van der Waals surface area contributed by atoms with Gasteiger partial charge in [0.25, 0.3) is 0 Å². The quantitative estimate of drug-likeness (QED) is 0.639. The summed E-state index contributed by atoms with van der Waals surface area (Å²) in [7, 11) is 0. The molecule has 2 N–H and O–H groups in total. The van der Waals surface area contributed by atoms with E-state index in [1.54, 1.807) is 0 Å². The SMILES string of the molecule is C[C@]12CC[C@H](O)C[C@H]1CC[C@]1(C)[C@@H]2C[C@@H](O)[C@]2(C)[C@@H](C3=CCOC3)CC[C@@]21C. The van der Waals surface area contributed by atoms with E-state index in [0.717, 1.165) is 38.9 Å². The maximum Gasteiger partial charge on any atom is 0.0684 e. The van der Waals surface area contributed by atoms with Gasteiger partial charge >= 0.3 is 0 Å². The zero-order valence-corrected chi connectivity index (χ0v) is 18.3. The molecule has 1 heterocycles. The molecule has 0 aromatic heterocycles. The molecule has 5 rings (SSSR count). The number of hydrogen-bond donors (Lipinski definition) is 2. The number of hydrogen-bond acceptors (Lipinski definition) is 3. The zero-order valence-electron chi connectivity index (χ0n) is 18.3. The largest absolute Gasteiger partial charge is 0.393 e. The Balaban J connectivity index is 1.56. The summed E-state index contributed by atoms with van der Waals surface area (Å²) in [4.78, 5) is 0. The second-order valence-electron chi connectivity index (χ2n) is 11.9. The van der Waals surface area contributed by atoms with Gasteiger partial charge in [-0.15, -0.1) is 0 Å². The van der Waals surface area contributed by atoms with Crippen LogP contribution >= 0.6 is 0 Å². The first-order valence-corrected chi connectivity index (χ1v) is 11.8. The van der Waals surface area contributed by atoms with Gasteiger partial charge in [0.1, 0.15) is 0 Å². The van der Waals surface area contributed by atoms with E-state index in [2.05, 4.69) is 33.8 Å². The average molecular weight is 389 g/mol. The Morgan fingerprint density at radius 3 is 2.46 bits per heavy atom. The van der Waals surface area contributed by atoms with Gasteiger partial charge < -0.3 is 14.9 Å². The second-order valence-corrected chi connectivity index (χ2v) is 11.9. The van der Waals surface area contributed by atoms with Crippen molar-refractivity contribution in [2.75, 3.05) is 13.2 Å². The lowest BCUT2D eigenvalue weighted by molar-refractivity contribution is -0.248. The van der Waals surface area contributed by atoms with Gasteiger partial charge in [-0.25, -0.2) is 0 Å². The molecule has 0 radical (unpaired) electrons. The van der Waals surface area contributed by atoms with Gasteiger partial charge in [-0.1, -0.05) is 33.8 Å². The predicted octanol–water partition coefficient (Wildman–Crippen LogP) is 4.71. The lowest BCUT2D eigenvalue weighted by atomic mass is 9.34. The lowest BCUT2D eigenvalue weighted by Gasteiger charge is -2.71. The summed E-state index contributed by atoms with van der Waals surface area (Å²) in [6.45, 7) is 11.5. The number of ether oxygens (including phenoxy) is 1. The fourth-order valence-corrected chi connectivity index (χ4v) is 9.44. The third-order valence-corrected chi connectivity index (χ3v) is 11.5. The fraction of sp³-hybridized carbons (Fsp3) is 0.920. The minimum absolute atomic E-state index is 0.0604. The molecule has 0 unspecified atom stereocenters. The van der Waals surface area contributed by atoms with Crippen molar-refractivity contribution < 1.29 is 14.9 Å². The Labute approximate surface area is 170 Å². The number of fused-ring (bicyclic) bond motifs is 5. The second kappa shape index (κ2) is 6.08. The highest BCUT2D eigenvalue weighted by atomic mass is 16.5. The molecule has 0 aromatic rings. The molecule has 28 heavy (non-hydrogen) atoms. The highest BCUT2D eigenvalue weighted by Crippen LogP contribution is 2.78. The maximum atomic E-state index is 11.7. The van der Waals surface area contributed by atoms with E-state index in [9.17, 15) is 10.2 Å². The van der Waals surface area contributed by atoms with Crippen LogP contribution in [0.3, 0.4) is 0 Å². The molecule has 4 saturated carbocycles. The fourth-order valence-electron chi connectivity index (χ4n) is 9.44. The number of aliphatic hydroxyl groups is 2. The first-order chi connectivity index (χ1) is 13.2. The van der Waals surface area contributed by atoms with Crippen LogP contribution in [0.1, 0.15) is 79.1 Å². The lowest BCUT2D eigenvalue weighted by Crippen LogP contribution is -2.67. The van der Waals surface area contributed by atoms with Gasteiger partial charge in [-0.3, -0.25) is 0 Å². The Bertz CT molecular complexity index is 687. The predicted molar refractivity (Wildman–Crippen MR) is 111 cm³/mol. The molecule has 0 amide bonds. The smallest absolute Gasteiger partial charge is 0.0684 e. The van der Waals surface area contributed by atoms with Gasteiger partial charge in [0.15, 0.2) is 0 Å². The molecule has 0 spiro atoms. The summed E-state index contributed by atoms with van der Waals surface area (Å²) in [5, 5.41) is 22.0. The topological polar surface area (TPSA) is 49.7 Å². The molecule has 158 valence electrons. The van der Waals surface area contributed by atoms with Crippen molar-refractivity contribution in [3.8, 4) is 0 Å². The average Bonchev–Trinajstić information content (AvgIpc) is 3.27. The van der Waals surface area contributed by atoms with E-state index in [-0.39, 0.29) is 33.9 Å². The molecule has 3 nitrogen and oxygen atoms in total. The molecule has 0 aromatic carbocycles. The van der Waals surface area contributed by atoms with E-state index in [1.807, 2.05) is 0 Å². The van der Waals surface area contributed by atoms with Gasteiger partial charge in [0.2, 0.25) is 0 Å². The molecule has 0 saturated heterocycles. The third-order valence-electron chi connectivity index (χ3n) is 11.5. The Morgan fingerprint density at radius 1 is 0.964 bits per heavy atom. The van der Waals surface area contributed by atoms with E-state index < -0.39 is 0 Å². The first kappa shape index (κ1) is 19.6. The van der Waals surface area contributed by atoms with E-state index in [1.165, 1.54) is 31.3 Å². The van der Waals surface area contributed by atoms with Crippen LogP contribution in [0.15, 0.2) is 11.6 Å². The minimum atomic E-state index is -0.244. The van der Waals surface area contributed by atoms with Crippen molar-refractivity contribution in [1.82, 2.24) is 0 Å². The molecule has 9 atom stereocenters. The van der Waals surface area contributed by atoms with Crippen LogP contribution in [0.25, 0.3) is 0 Å². The molecule has 0 bridgehead atoms. The van der Waals surface area contributed by atoms with Crippen molar-refractivity contribution in [3.63, 3.8) is 0 Å². The van der Waals surface area contributed by atoms with Crippen LogP contribution < -0.4 is 0 Å². The van der Waals surface area contributed by atoms with Crippen molar-refractivity contribution in [1.29, 1.82) is 0 Å². The van der Waals surface area contributed by atoms with Crippen LogP contribution in [-0.4, -0.2) is 35.6 Å². The summed E-state index contributed by atoms with van der Waals surface area (Å²) < 4.78 is 5.69. The van der Waals surface area contributed by atoms with Crippen LogP contribution in [-0.2, 0) is 4.74 Å². The zero-order chi connectivity index (χ0) is 19.9. The van der Waals surface area contributed by atoms with Gasteiger partial charge in [0.05, 0.1) is 25.4 Å². The summed E-state index contributed by atoms with van der Waals surface area (Å²) in [5.74, 6) is 1.65. The van der Waals surface area contributed by atoms with Crippen molar-refractivity contribution >= 4 is 0 Å². The van der Waals surface area contributed by atoms with E-state index >= 15 is 0 Å². The summed E-state index contributed by atoms with van der Waals surface area (Å²) in [6, 6.07) is 0. The molecule has 3 heteroatoms. The highest BCUT2D eigenvalue weighted by Gasteiger charge is 2.73. The monoisotopic (exact) mass is 388 g/mol. The van der Waals surface area contributed by atoms with Crippen LogP contribution in [0, 0.1) is 39.4 Å². The van der Waals surface area contributed by atoms with Crippen LogP contribution in [0.4, 0.5) is 0 Å². The van der Waals surface area contributed by atoms with Crippen molar-refractivity contribution in [2.45, 2.75) is 91.3 Å². The number of aliphatic hydroxyl groups excluding tert-OH is 2. The van der Waals surface area contributed by atoms with Crippen molar-refractivity contribution in [3.05, 3.63) is 11.6 Å². The minimum Gasteiger partial charge on any atom is -0.393 e. The molecule has 4 aliphatic carbocycles. The standard InChI is InChI=1S/C25H40O3/c1-22-9-6-18(26)13-17(22)5-10-23(2)20(22)14-21(27)25(4)19(7-11-24(23,25)3)16-8-12-28-15-16/h8,17-21,26-27H,5-7,9-15H2,1-4H3/t17-,18+,19-,20-,21-,22+,23-,24-,25+/m1/s1. The Morgan fingerprint density at radius 2 is 1.75 bits per heavy atom. The van der Waals surface area contributed by atoms with Crippen LogP contribution in [0.2, 0.25) is 0 Å². The summed E-state index contributed by atoms with van der Waals surface area (Å²) in [6.07, 6.45) is 10.8. The van der Waals surface area contributed by atoms with Gasteiger partial charge in [0, 0.05) is 5.41 Å². The Hall–Kier alpha value is -0.380. The van der Waals surface area contributed by atoms with E-state index in [4.69, 9.17) is 4.74 Å². The third kappa shape index (κ3) is 2.17. The molecular formula is C25H40O3. The normalized spacial score (nSPS) is 58.6. The molecule has 1 aliphatic heterocycles. The maximum absolute atomic E-state index is 11.7. The summed E-state index contributed by atoms with van der Waals surface area (Å²) in [5.41, 5.74) is 2.08. The van der Waals surface area contributed by atoms with Gasteiger partial charge in [-0.2, -0.15) is 0 Å². The first-order valence-electron chi connectivity index (χ1n) is 11.8. The Kier molecular flexibility index (Phi) is 4.25. The van der Waals surface area contributed by atoms with Crippen molar-refractivity contribution in [2.24, 2.45) is 39.4 Å². The number of rotatable bonds is 1.